The Hall–Kier alpha value is -1.36. The second-order valence-electron chi connectivity index (χ2n) is 3.61. The molecule has 1 aromatic carbocycles. The molecule has 0 aliphatic carbocycles. The molecule has 0 saturated heterocycles. The third kappa shape index (κ3) is 2.09. The van der Waals surface area contributed by atoms with E-state index in [0.717, 1.165) is 0 Å². The number of carbonyl (C=O) groups is 2. The Balaban J connectivity index is 3.51. The summed E-state index contributed by atoms with van der Waals surface area (Å²) in [5, 5.41) is 18.1. The van der Waals surface area contributed by atoms with Gasteiger partial charge in [-0.3, -0.25) is 4.79 Å². The first-order valence-corrected chi connectivity index (χ1v) is 5.33. The average molecular weight is 287 g/mol. The molecule has 0 aromatic heterocycles. The third-order valence-electron chi connectivity index (χ3n) is 2.39. The fraction of sp³-hybridized carbons (Fsp3) is 0.273. The molecular weight excluding hydrogens is 276 g/mol. The fourth-order valence-corrected chi connectivity index (χ4v) is 1.79. The van der Waals surface area contributed by atoms with Crippen molar-refractivity contribution in [1.29, 1.82) is 0 Å². The molecular formula is C11H11BrO4. The van der Waals surface area contributed by atoms with Gasteiger partial charge in [-0.25, -0.2) is 4.79 Å². The quantitative estimate of drug-likeness (QED) is 0.837. The molecule has 1 atom stereocenters. The minimum absolute atomic E-state index is 0.0317. The van der Waals surface area contributed by atoms with Gasteiger partial charge in [-0.15, -0.1) is 0 Å². The number of halogens is 1. The molecule has 1 unspecified atom stereocenters. The maximum Gasteiger partial charge on any atom is 0.336 e. The van der Waals surface area contributed by atoms with Gasteiger partial charge in [0, 0.05) is 0 Å². The Morgan fingerprint density at radius 3 is 2.31 bits per heavy atom. The van der Waals surface area contributed by atoms with Gasteiger partial charge >= 0.3 is 11.9 Å². The van der Waals surface area contributed by atoms with Crippen molar-refractivity contribution < 1.29 is 19.8 Å². The number of alkyl halides is 1. The first kappa shape index (κ1) is 12.7. The van der Waals surface area contributed by atoms with Crippen LogP contribution in [0.3, 0.4) is 0 Å². The lowest BCUT2D eigenvalue weighted by molar-refractivity contribution is -0.139. The summed E-state index contributed by atoms with van der Waals surface area (Å²) in [6, 6.07) is 4.77. The van der Waals surface area contributed by atoms with E-state index >= 15 is 0 Å². The number of aromatic carboxylic acids is 1. The Labute approximate surface area is 101 Å². The number of benzene rings is 1. The Morgan fingerprint density at radius 1 is 1.31 bits per heavy atom. The van der Waals surface area contributed by atoms with Gasteiger partial charge in [0.1, 0.15) is 4.32 Å². The second kappa shape index (κ2) is 4.25. The van der Waals surface area contributed by atoms with Crippen molar-refractivity contribution in [1.82, 2.24) is 0 Å². The van der Waals surface area contributed by atoms with Gasteiger partial charge in [0.15, 0.2) is 0 Å². The van der Waals surface area contributed by atoms with E-state index in [1.54, 1.807) is 19.1 Å². The van der Waals surface area contributed by atoms with Crippen molar-refractivity contribution in [3.8, 4) is 0 Å². The largest absolute Gasteiger partial charge is 0.480 e. The predicted molar refractivity (Wildman–Crippen MR) is 62.1 cm³/mol. The van der Waals surface area contributed by atoms with Crippen molar-refractivity contribution >= 4 is 27.9 Å². The van der Waals surface area contributed by atoms with Crippen molar-refractivity contribution in [2.24, 2.45) is 0 Å². The lowest BCUT2D eigenvalue weighted by Crippen LogP contribution is -2.28. The SMILES string of the molecule is Cc1cccc(C(C)(Br)C(=O)O)c1C(=O)O. The van der Waals surface area contributed by atoms with Gasteiger partial charge in [-0.2, -0.15) is 0 Å². The van der Waals surface area contributed by atoms with Gasteiger partial charge in [-0.1, -0.05) is 34.1 Å². The van der Waals surface area contributed by atoms with Crippen LogP contribution in [0.4, 0.5) is 0 Å². The summed E-state index contributed by atoms with van der Waals surface area (Å²) in [5.74, 6) is -2.25. The molecule has 0 radical (unpaired) electrons. The molecule has 16 heavy (non-hydrogen) atoms. The molecule has 4 nitrogen and oxygen atoms in total. The molecule has 0 bridgehead atoms. The van der Waals surface area contributed by atoms with Crippen LogP contribution in [0.2, 0.25) is 0 Å². The summed E-state index contributed by atoms with van der Waals surface area (Å²) < 4.78 is -1.40. The van der Waals surface area contributed by atoms with Crippen LogP contribution in [0.5, 0.6) is 0 Å². The van der Waals surface area contributed by atoms with Gasteiger partial charge in [0.05, 0.1) is 5.56 Å². The molecule has 0 saturated carbocycles. The highest BCUT2D eigenvalue weighted by molar-refractivity contribution is 9.10. The molecule has 5 heteroatoms. The molecule has 0 amide bonds. The number of rotatable bonds is 3. The standard InChI is InChI=1S/C11H11BrO4/c1-6-4-3-5-7(8(6)9(13)14)11(2,12)10(15)16/h3-5H,1-2H3,(H,13,14)(H,15,16). The first-order valence-electron chi connectivity index (χ1n) is 4.54. The highest BCUT2D eigenvalue weighted by Crippen LogP contribution is 2.34. The summed E-state index contributed by atoms with van der Waals surface area (Å²) in [7, 11) is 0. The predicted octanol–water partition coefficient (Wildman–Crippen LogP) is 2.39. The number of aliphatic carboxylic acids is 1. The van der Waals surface area contributed by atoms with Crippen LogP contribution in [0.1, 0.15) is 28.4 Å². The van der Waals surface area contributed by atoms with Crippen LogP contribution in [-0.4, -0.2) is 22.2 Å². The zero-order valence-electron chi connectivity index (χ0n) is 8.82. The van der Waals surface area contributed by atoms with Crippen molar-refractivity contribution in [3.05, 3.63) is 34.9 Å². The molecule has 0 heterocycles. The van der Waals surface area contributed by atoms with Crippen LogP contribution in [0, 0.1) is 6.92 Å². The Morgan fingerprint density at radius 2 is 1.88 bits per heavy atom. The number of hydrogen-bond acceptors (Lipinski definition) is 2. The minimum Gasteiger partial charge on any atom is -0.480 e. The van der Waals surface area contributed by atoms with Crippen LogP contribution in [0.25, 0.3) is 0 Å². The monoisotopic (exact) mass is 286 g/mol. The van der Waals surface area contributed by atoms with E-state index in [1.807, 2.05) is 0 Å². The highest BCUT2D eigenvalue weighted by atomic mass is 79.9. The summed E-state index contributed by atoms with van der Waals surface area (Å²) in [6.07, 6.45) is 0. The van der Waals surface area contributed by atoms with Gasteiger partial charge in [-0.05, 0) is 25.0 Å². The summed E-state index contributed by atoms with van der Waals surface area (Å²) >= 11 is 3.04. The molecule has 0 aliphatic rings. The van der Waals surface area contributed by atoms with E-state index in [0.29, 0.717) is 5.56 Å². The van der Waals surface area contributed by atoms with Crippen LogP contribution in [-0.2, 0) is 9.12 Å². The maximum absolute atomic E-state index is 11.1. The van der Waals surface area contributed by atoms with Crippen molar-refractivity contribution in [2.45, 2.75) is 18.2 Å². The zero-order valence-corrected chi connectivity index (χ0v) is 10.4. The molecule has 0 fully saturated rings. The molecule has 1 aromatic rings. The zero-order chi connectivity index (χ0) is 12.5. The van der Waals surface area contributed by atoms with E-state index in [1.165, 1.54) is 13.0 Å². The van der Waals surface area contributed by atoms with Crippen LogP contribution >= 0.6 is 15.9 Å². The van der Waals surface area contributed by atoms with E-state index < -0.39 is 16.3 Å². The van der Waals surface area contributed by atoms with Crippen LogP contribution in [0.15, 0.2) is 18.2 Å². The minimum atomic E-state index is -1.40. The van der Waals surface area contributed by atoms with Gasteiger partial charge in [0.2, 0.25) is 0 Å². The van der Waals surface area contributed by atoms with Crippen molar-refractivity contribution in [2.75, 3.05) is 0 Å². The molecule has 0 aliphatic heterocycles. The molecule has 1 rings (SSSR count). The third-order valence-corrected chi connectivity index (χ3v) is 3.16. The average Bonchev–Trinajstić information content (AvgIpc) is 2.16. The van der Waals surface area contributed by atoms with E-state index in [2.05, 4.69) is 15.9 Å². The number of carboxylic acids is 2. The van der Waals surface area contributed by atoms with Crippen LogP contribution < -0.4 is 0 Å². The number of aryl methyl sites for hydroxylation is 1. The lowest BCUT2D eigenvalue weighted by atomic mass is 9.92. The van der Waals surface area contributed by atoms with E-state index in [9.17, 15) is 9.59 Å². The summed E-state index contributed by atoms with van der Waals surface area (Å²) in [5.41, 5.74) is 0.814. The Bertz CT molecular complexity index is 451. The second-order valence-corrected chi connectivity index (χ2v) is 5.20. The normalized spacial score (nSPS) is 14.2. The number of hydrogen-bond donors (Lipinski definition) is 2. The topological polar surface area (TPSA) is 74.6 Å². The highest BCUT2D eigenvalue weighted by Gasteiger charge is 2.35. The van der Waals surface area contributed by atoms with Gasteiger partial charge in [0.25, 0.3) is 0 Å². The van der Waals surface area contributed by atoms with Crippen molar-refractivity contribution in [3.63, 3.8) is 0 Å². The lowest BCUT2D eigenvalue weighted by Gasteiger charge is -2.20. The maximum atomic E-state index is 11.1. The number of carboxylic acid groups (broad SMARTS) is 2. The summed E-state index contributed by atoms with van der Waals surface area (Å²) in [4.78, 5) is 22.2. The molecule has 0 spiro atoms. The van der Waals surface area contributed by atoms with Gasteiger partial charge < -0.3 is 10.2 Å². The van der Waals surface area contributed by atoms with E-state index in [4.69, 9.17) is 10.2 Å². The first-order chi connectivity index (χ1) is 7.28. The fourth-order valence-electron chi connectivity index (χ4n) is 1.46. The van der Waals surface area contributed by atoms with E-state index in [-0.39, 0.29) is 11.1 Å². The smallest absolute Gasteiger partial charge is 0.336 e. The Kier molecular flexibility index (Phi) is 3.38. The molecule has 86 valence electrons. The summed E-state index contributed by atoms with van der Waals surface area (Å²) in [6.45, 7) is 3.05. The molecule has 2 N–H and O–H groups in total.